The zero-order chi connectivity index (χ0) is 14.8. The smallest absolute Gasteiger partial charge is 0.394 e. The van der Waals surface area contributed by atoms with Gasteiger partial charge in [-0.3, -0.25) is 0 Å². The van der Waals surface area contributed by atoms with Crippen LogP contribution in [0.1, 0.15) is 22.7 Å². The van der Waals surface area contributed by atoms with Gasteiger partial charge in [0.2, 0.25) is 0 Å². The highest BCUT2D eigenvalue weighted by atomic mass is 19.4. The molecule has 0 amide bonds. The molecule has 2 nitrogen and oxygen atoms in total. The number of benzene rings is 1. The number of aliphatic hydroxyl groups excluding tert-OH is 1. The molecule has 0 aliphatic heterocycles. The second-order valence-corrected chi connectivity index (χ2v) is 3.86. The second-order valence-electron chi connectivity index (χ2n) is 3.86. The van der Waals surface area contributed by atoms with E-state index in [1.54, 1.807) is 0 Å². The van der Waals surface area contributed by atoms with Crippen LogP contribution >= 0.6 is 0 Å². The number of hydrogen-bond acceptors (Lipinski definition) is 2. The molecule has 1 aromatic carbocycles. The van der Waals surface area contributed by atoms with Crippen LogP contribution < -0.4 is 5.32 Å². The fourth-order valence-corrected chi connectivity index (χ4v) is 1.54. The highest BCUT2D eigenvalue weighted by Gasteiger charge is 2.37. The number of hydrogen-bond donors (Lipinski definition) is 2. The van der Waals surface area contributed by atoms with Crippen molar-refractivity contribution in [3.8, 4) is 0 Å². The third-order valence-corrected chi connectivity index (χ3v) is 2.54. The van der Waals surface area contributed by atoms with Crippen molar-refractivity contribution in [2.24, 2.45) is 0 Å². The summed E-state index contributed by atoms with van der Waals surface area (Å²) in [7, 11) is 1.33. The Bertz CT molecular complexity index is 404. The minimum atomic E-state index is -4.89. The zero-order valence-corrected chi connectivity index (χ0v) is 9.73. The van der Waals surface area contributed by atoms with Crippen LogP contribution in [0, 0.1) is 0 Å². The van der Waals surface area contributed by atoms with Gasteiger partial charge in [0.05, 0.1) is 23.8 Å². The lowest BCUT2D eigenvalue weighted by Crippen LogP contribution is -2.22. The van der Waals surface area contributed by atoms with Crippen LogP contribution in [0.5, 0.6) is 0 Å². The lowest BCUT2D eigenvalue weighted by molar-refractivity contribution is -0.143. The van der Waals surface area contributed by atoms with E-state index in [0.29, 0.717) is 12.1 Å². The van der Waals surface area contributed by atoms with Crippen molar-refractivity contribution in [2.75, 3.05) is 13.7 Å². The summed E-state index contributed by atoms with van der Waals surface area (Å²) in [6, 6.07) is 0.232. The van der Waals surface area contributed by atoms with Crippen LogP contribution in [0.2, 0.25) is 0 Å². The summed E-state index contributed by atoms with van der Waals surface area (Å²) in [4.78, 5) is 0. The van der Waals surface area contributed by atoms with Gasteiger partial charge in [0.25, 0.3) is 0 Å². The Morgan fingerprint density at radius 2 is 1.42 bits per heavy atom. The van der Waals surface area contributed by atoms with Crippen molar-refractivity contribution < 1.29 is 31.4 Å². The molecule has 0 aromatic heterocycles. The number of nitrogens with one attached hydrogen (secondary N) is 1. The maximum absolute atomic E-state index is 12.6. The van der Waals surface area contributed by atoms with Crippen molar-refractivity contribution >= 4 is 0 Å². The lowest BCUT2D eigenvalue weighted by Gasteiger charge is -2.18. The molecule has 1 unspecified atom stereocenters. The van der Waals surface area contributed by atoms with Gasteiger partial charge in [-0.05, 0) is 30.8 Å². The van der Waals surface area contributed by atoms with Gasteiger partial charge in [0.15, 0.2) is 0 Å². The summed E-state index contributed by atoms with van der Waals surface area (Å²) < 4.78 is 75.3. The Morgan fingerprint density at radius 1 is 1.00 bits per heavy atom. The molecule has 2 N–H and O–H groups in total. The first-order valence-electron chi connectivity index (χ1n) is 5.17. The summed E-state index contributed by atoms with van der Waals surface area (Å²) in [6.45, 7) is -0.616. The van der Waals surface area contributed by atoms with E-state index in [1.807, 2.05) is 0 Å². The quantitative estimate of drug-likeness (QED) is 0.838. The topological polar surface area (TPSA) is 32.3 Å². The first-order chi connectivity index (χ1) is 8.59. The Morgan fingerprint density at radius 3 is 1.68 bits per heavy atom. The molecule has 0 radical (unpaired) electrons. The highest BCUT2D eigenvalue weighted by Crippen LogP contribution is 2.37. The van der Waals surface area contributed by atoms with E-state index in [-0.39, 0.29) is 11.6 Å². The van der Waals surface area contributed by atoms with E-state index in [2.05, 4.69) is 5.32 Å². The largest absolute Gasteiger partial charge is 0.416 e. The molecule has 1 atom stereocenters. The Labute approximate surface area is 105 Å². The number of alkyl halides is 6. The molecule has 108 valence electrons. The Balaban J connectivity index is 3.41. The summed E-state index contributed by atoms with van der Waals surface area (Å²) in [5.74, 6) is 0. The summed E-state index contributed by atoms with van der Waals surface area (Å²) >= 11 is 0. The molecular weight excluding hydrogens is 276 g/mol. The van der Waals surface area contributed by atoms with Gasteiger partial charge in [0, 0.05) is 0 Å². The van der Waals surface area contributed by atoms with Crippen molar-refractivity contribution in [1.29, 1.82) is 0 Å². The second kappa shape index (κ2) is 5.38. The fraction of sp³-hybridized carbons (Fsp3) is 0.455. The minimum absolute atomic E-state index is 0.0492. The van der Waals surface area contributed by atoms with Crippen LogP contribution in [-0.2, 0) is 12.4 Å². The molecule has 0 saturated carbocycles. The molecule has 1 rings (SSSR count). The van der Waals surface area contributed by atoms with Crippen LogP contribution in [0.25, 0.3) is 0 Å². The molecule has 19 heavy (non-hydrogen) atoms. The summed E-state index contributed by atoms with van der Waals surface area (Å²) in [5, 5.41) is 11.4. The monoisotopic (exact) mass is 287 g/mol. The van der Waals surface area contributed by atoms with Gasteiger partial charge in [-0.15, -0.1) is 0 Å². The molecule has 0 bridgehead atoms. The molecule has 0 aliphatic carbocycles. The molecule has 0 heterocycles. The van der Waals surface area contributed by atoms with E-state index in [1.165, 1.54) is 7.05 Å². The molecule has 0 spiro atoms. The average molecular weight is 287 g/mol. The van der Waals surface area contributed by atoms with E-state index in [0.717, 1.165) is 0 Å². The highest BCUT2D eigenvalue weighted by molar-refractivity contribution is 5.35. The maximum atomic E-state index is 12.6. The van der Waals surface area contributed by atoms with Crippen LogP contribution in [0.4, 0.5) is 26.3 Å². The molecular formula is C11H11F6NO. The standard InChI is InChI=1S/C11H11F6NO/c1-18-9(5-19)6-2-7(10(12,13)14)4-8(3-6)11(15,16)17/h2-4,9,18-19H,5H2,1H3. The van der Waals surface area contributed by atoms with E-state index in [4.69, 9.17) is 5.11 Å². The lowest BCUT2D eigenvalue weighted by atomic mass is 10.00. The Kier molecular flexibility index (Phi) is 4.46. The van der Waals surface area contributed by atoms with Gasteiger partial charge in [-0.25, -0.2) is 0 Å². The van der Waals surface area contributed by atoms with E-state index >= 15 is 0 Å². The number of halogens is 6. The third kappa shape index (κ3) is 3.84. The van der Waals surface area contributed by atoms with Gasteiger partial charge in [-0.2, -0.15) is 26.3 Å². The zero-order valence-electron chi connectivity index (χ0n) is 9.73. The van der Waals surface area contributed by atoms with Crippen molar-refractivity contribution in [1.82, 2.24) is 5.32 Å². The first kappa shape index (κ1) is 15.8. The fourth-order valence-electron chi connectivity index (χ4n) is 1.54. The number of aliphatic hydroxyl groups is 1. The molecule has 8 heteroatoms. The number of likely N-dealkylation sites (N-methyl/N-ethyl adjacent to an activating group) is 1. The summed E-state index contributed by atoms with van der Waals surface area (Å²) in [6.07, 6.45) is -9.77. The SMILES string of the molecule is CNC(CO)c1cc(C(F)(F)F)cc(C(F)(F)F)c1. The van der Waals surface area contributed by atoms with Gasteiger partial charge in [-0.1, -0.05) is 0 Å². The number of rotatable bonds is 3. The van der Waals surface area contributed by atoms with Crippen LogP contribution in [0.3, 0.4) is 0 Å². The summed E-state index contributed by atoms with van der Waals surface area (Å²) in [5.41, 5.74) is -3.07. The average Bonchev–Trinajstić information content (AvgIpc) is 2.28. The third-order valence-electron chi connectivity index (χ3n) is 2.54. The van der Waals surface area contributed by atoms with Crippen LogP contribution in [-0.4, -0.2) is 18.8 Å². The van der Waals surface area contributed by atoms with Gasteiger partial charge >= 0.3 is 12.4 Å². The molecule has 0 saturated heterocycles. The molecule has 0 fully saturated rings. The molecule has 0 aliphatic rings. The van der Waals surface area contributed by atoms with E-state index in [9.17, 15) is 26.3 Å². The molecule has 1 aromatic rings. The van der Waals surface area contributed by atoms with Crippen molar-refractivity contribution in [3.63, 3.8) is 0 Å². The Hall–Kier alpha value is -1.28. The van der Waals surface area contributed by atoms with E-state index < -0.39 is 36.1 Å². The van der Waals surface area contributed by atoms with Crippen molar-refractivity contribution in [2.45, 2.75) is 18.4 Å². The minimum Gasteiger partial charge on any atom is -0.394 e. The predicted molar refractivity (Wildman–Crippen MR) is 55.3 cm³/mol. The van der Waals surface area contributed by atoms with Crippen LogP contribution in [0.15, 0.2) is 18.2 Å². The van der Waals surface area contributed by atoms with Gasteiger partial charge < -0.3 is 10.4 Å². The maximum Gasteiger partial charge on any atom is 0.416 e. The first-order valence-corrected chi connectivity index (χ1v) is 5.17. The predicted octanol–water partition coefficient (Wildman–Crippen LogP) is 2.98. The normalized spacial score (nSPS) is 14.5. The van der Waals surface area contributed by atoms with Crippen molar-refractivity contribution in [3.05, 3.63) is 34.9 Å². The van der Waals surface area contributed by atoms with Gasteiger partial charge in [0.1, 0.15) is 0 Å².